The van der Waals surface area contributed by atoms with Crippen LogP contribution >= 0.6 is 0 Å². The summed E-state index contributed by atoms with van der Waals surface area (Å²) in [5, 5.41) is 2.75. The summed E-state index contributed by atoms with van der Waals surface area (Å²) in [7, 11) is 2.70. The molecule has 0 heterocycles. The molecule has 0 aliphatic rings. The van der Waals surface area contributed by atoms with Crippen molar-refractivity contribution in [1.29, 1.82) is 0 Å². The van der Waals surface area contributed by atoms with E-state index in [1.165, 1.54) is 32.4 Å². The molecule has 3 N–H and O–H groups in total. The number of hydrogen-bond acceptors (Lipinski definition) is 6. The molecule has 2 aromatic carbocycles. The highest BCUT2D eigenvalue weighted by Crippen LogP contribution is 2.28. The molecule has 0 aromatic heterocycles. The van der Waals surface area contributed by atoms with Crippen LogP contribution in [0.2, 0.25) is 0 Å². The molecule has 2 amide bonds. The number of amides is 2. The zero-order valence-corrected chi connectivity index (χ0v) is 15.2. The van der Waals surface area contributed by atoms with Gasteiger partial charge in [-0.2, -0.15) is 0 Å². The van der Waals surface area contributed by atoms with Gasteiger partial charge < -0.3 is 25.3 Å². The van der Waals surface area contributed by atoms with Crippen molar-refractivity contribution in [3.63, 3.8) is 0 Å². The van der Waals surface area contributed by atoms with E-state index in [-0.39, 0.29) is 18.1 Å². The second-order valence-corrected chi connectivity index (χ2v) is 5.60. The lowest BCUT2D eigenvalue weighted by Gasteiger charge is -2.13. The van der Waals surface area contributed by atoms with E-state index in [1.807, 2.05) is 0 Å². The van der Waals surface area contributed by atoms with Gasteiger partial charge in [0.15, 0.2) is 18.1 Å². The van der Waals surface area contributed by atoms with Gasteiger partial charge in [-0.15, -0.1) is 0 Å². The van der Waals surface area contributed by atoms with Gasteiger partial charge in [-0.05, 0) is 42.8 Å². The number of methoxy groups -OCH3 is 2. The second-order valence-electron chi connectivity index (χ2n) is 5.60. The molecule has 0 fully saturated rings. The first kappa shape index (κ1) is 19.8. The number of carbonyl (C=O) groups is 3. The van der Waals surface area contributed by atoms with E-state index in [4.69, 9.17) is 15.2 Å². The third kappa shape index (κ3) is 4.97. The van der Waals surface area contributed by atoms with E-state index in [1.54, 1.807) is 25.1 Å². The Kier molecular flexibility index (Phi) is 6.37. The average molecular weight is 372 g/mol. The Bertz CT molecular complexity index is 878. The summed E-state index contributed by atoms with van der Waals surface area (Å²) in [6, 6.07) is 9.38. The number of aryl methyl sites for hydroxylation is 1. The molecule has 27 heavy (non-hydrogen) atoms. The Labute approximate surface area is 156 Å². The van der Waals surface area contributed by atoms with E-state index in [2.05, 4.69) is 10.1 Å². The number of primary amides is 1. The lowest BCUT2D eigenvalue weighted by molar-refractivity contribution is -0.119. The van der Waals surface area contributed by atoms with Crippen LogP contribution in [0.4, 0.5) is 5.69 Å². The van der Waals surface area contributed by atoms with Crippen molar-refractivity contribution < 1.29 is 28.6 Å². The first-order chi connectivity index (χ1) is 12.8. The Balaban J connectivity index is 2.23. The number of ether oxygens (including phenoxy) is 3. The second kappa shape index (κ2) is 8.70. The first-order valence-electron chi connectivity index (χ1n) is 7.95. The summed E-state index contributed by atoms with van der Waals surface area (Å²) in [4.78, 5) is 35.1. The lowest BCUT2D eigenvalue weighted by atomic mass is 10.1. The number of anilines is 1. The predicted octanol–water partition coefficient (Wildman–Crippen LogP) is 1.91. The molecule has 0 unspecified atom stereocenters. The van der Waals surface area contributed by atoms with Crippen LogP contribution < -0.4 is 20.5 Å². The molecule has 0 radical (unpaired) electrons. The van der Waals surface area contributed by atoms with Crippen molar-refractivity contribution in [3.8, 4) is 11.5 Å². The molecule has 2 aromatic rings. The normalized spacial score (nSPS) is 10.0. The summed E-state index contributed by atoms with van der Waals surface area (Å²) in [5.74, 6) is -0.955. The highest BCUT2D eigenvalue weighted by molar-refractivity contribution is 6.05. The van der Waals surface area contributed by atoms with Crippen LogP contribution in [0.5, 0.6) is 11.5 Å². The van der Waals surface area contributed by atoms with E-state index in [0.29, 0.717) is 16.8 Å². The SMILES string of the molecule is COC(=O)c1ccc(C)c(NC(=O)c2ccc(OCC(N)=O)c(OC)c2)c1. The zero-order chi connectivity index (χ0) is 20.0. The summed E-state index contributed by atoms with van der Waals surface area (Å²) in [6.07, 6.45) is 0. The van der Waals surface area contributed by atoms with Crippen LogP contribution in [-0.2, 0) is 9.53 Å². The average Bonchev–Trinajstić information content (AvgIpc) is 2.67. The van der Waals surface area contributed by atoms with Crippen LogP contribution in [0.1, 0.15) is 26.3 Å². The molecule has 0 saturated carbocycles. The highest BCUT2D eigenvalue weighted by Gasteiger charge is 2.14. The Morgan fingerprint density at radius 1 is 1.00 bits per heavy atom. The summed E-state index contributed by atoms with van der Waals surface area (Å²) < 4.78 is 15.1. The molecule has 8 heteroatoms. The molecule has 142 valence electrons. The van der Waals surface area contributed by atoms with Gasteiger partial charge in [0.05, 0.1) is 19.8 Å². The Morgan fingerprint density at radius 2 is 1.70 bits per heavy atom. The highest BCUT2D eigenvalue weighted by atomic mass is 16.5. The van der Waals surface area contributed by atoms with Gasteiger partial charge in [0, 0.05) is 11.3 Å². The number of carbonyl (C=O) groups excluding carboxylic acids is 3. The van der Waals surface area contributed by atoms with Crippen LogP contribution in [0, 0.1) is 6.92 Å². The van der Waals surface area contributed by atoms with Gasteiger partial charge in [-0.25, -0.2) is 4.79 Å². The Hall–Kier alpha value is -3.55. The maximum atomic E-state index is 12.6. The number of esters is 1. The maximum absolute atomic E-state index is 12.6. The van der Waals surface area contributed by atoms with Gasteiger partial charge in [0.25, 0.3) is 11.8 Å². The standard InChI is InChI=1S/C19H20N2O6/c1-11-4-5-13(19(24)26-3)8-14(11)21-18(23)12-6-7-15(16(9-12)25-2)27-10-17(20)22/h4-9H,10H2,1-3H3,(H2,20,22)(H,21,23). The molecule has 0 saturated heterocycles. The third-order valence-corrected chi connectivity index (χ3v) is 3.70. The van der Waals surface area contributed by atoms with Crippen LogP contribution in [0.15, 0.2) is 36.4 Å². The number of rotatable bonds is 7. The van der Waals surface area contributed by atoms with Crippen molar-refractivity contribution in [2.45, 2.75) is 6.92 Å². The number of benzene rings is 2. The minimum atomic E-state index is -0.625. The fourth-order valence-corrected chi connectivity index (χ4v) is 2.27. The van der Waals surface area contributed by atoms with Crippen molar-refractivity contribution in [3.05, 3.63) is 53.1 Å². The lowest BCUT2D eigenvalue weighted by Crippen LogP contribution is -2.20. The molecule has 0 aliphatic carbocycles. The van der Waals surface area contributed by atoms with E-state index in [9.17, 15) is 14.4 Å². The van der Waals surface area contributed by atoms with Crippen molar-refractivity contribution in [2.24, 2.45) is 5.73 Å². The molecule has 0 spiro atoms. The van der Waals surface area contributed by atoms with Crippen molar-refractivity contribution in [1.82, 2.24) is 0 Å². The predicted molar refractivity (Wildman–Crippen MR) is 98.2 cm³/mol. The quantitative estimate of drug-likeness (QED) is 0.717. The van der Waals surface area contributed by atoms with Gasteiger partial charge in [0.2, 0.25) is 0 Å². The van der Waals surface area contributed by atoms with Crippen LogP contribution in [0.25, 0.3) is 0 Å². The zero-order valence-electron chi connectivity index (χ0n) is 15.2. The largest absolute Gasteiger partial charge is 0.493 e. The van der Waals surface area contributed by atoms with Gasteiger partial charge in [-0.1, -0.05) is 6.07 Å². The summed E-state index contributed by atoms with van der Waals surface area (Å²) in [5.41, 5.74) is 6.95. The fourth-order valence-electron chi connectivity index (χ4n) is 2.27. The molecule has 0 atom stereocenters. The number of nitrogens with two attached hydrogens (primary N) is 1. The summed E-state index contributed by atoms with van der Waals surface area (Å²) in [6.45, 7) is 1.50. The molecule has 2 rings (SSSR count). The van der Waals surface area contributed by atoms with Crippen LogP contribution in [-0.4, -0.2) is 38.6 Å². The summed E-state index contributed by atoms with van der Waals surface area (Å²) >= 11 is 0. The van der Waals surface area contributed by atoms with E-state index < -0.39 is 17.8 Å². The Morgan fingerprint density at radius 3 is 2.33 bits per heavy atom. The maximum Gasteiger partial charge on any atom is 0.337 e. The molecular formula is C19H20N2O6. The fraction of sp³-hybridized carbons (Fsp3) is 0.211. The van der Waals surface area contributed by atoms with Gasteiger partial charge in [-0.3, -0.25) is 9.59 Å². The minimum absolute atomic E-state index is 0.281. The molecule has 0 aliphatic heterocycles. The molecular weight excluding hydrogens is 352 g/mol. The minimum Gasteiger partial charge on any atom is -0.493 e. The monoisotopic (exact) mass is 372 g/mol. The van der Waals surface area contributed by atoms with E-state index in [0.717, 1.165) is 5.56 Å². The first-order valence-corrected chi connectivity index (χ1v) is 7.95. The topological polar surface area (TPSA) is 117 Å². The number of hydrogen-bond donors (Lipinski definition) is 2. The van der Waals surface area contributed by atoms with Crippen molar-refractivity contribution in [2.75, 3.05) is 26.1 Å². The van der Waals surface area contributed by atoms with E-state index >= 15 is 0 Å². The molecule has 0 bridgehead atoms. The third-order valence-electron chi connectivity index (χ3n) is 3.70. The van der Waals surface area contributed by atoms with Crippen LogP contribution in [0.3, 0.4) is 0 Å². The van der Waals surface area contributed by atoms with Gasteiger partial charge >= 0.3 is 5.97 Å². The van der Waals surface area contributed by atoms with Gasteiger partial charge in [0.1, 0.15) is 0 Å². The molecule has 8 nitrogen and oxygen atoms in total. The van der Waals surface area contributed by atoms with Crippen molar-refractivity contribution >= 4 is 23.5 Å². The smallest absolute Gasteiger partial charge is 0.337 e. The number of nitrogens with one attached hydrogen (secondary N) is 1.